The van der Waals surface area contributed by atoms with Crippen LogP contribution >= 0.6 is 0 Å². The number of hydrogen-bond donors (Lipinski definition) is 4. The number of primary sulfonamides is 1. The SMILES string of the molecule is NS(=O)(=O)c1ccc(CO)cc1C1CCC(c2ccc(O)cc2O)CC1. The van der Waals surface area contributed by atoms with Crippen molar-refractivity contribution in [3.8, 4) is 11.5 Å². The Hall–Kier alpha value is -2.09. The number of aromatic hydroxyl groups is 2. The monoisotopic (exact) mass is 377 g/mol. The second-order valence-electron chi connectivity index (χ2n) is 6.87. The van der Waals surface area contributed by atoms with E-state index in [1.54, 1.807) is 24.3 Å². The molecule has 0 radical (unpaired) electrons. The Morgan fingerprint density at radius 1 is 0.923 bits per heavy atom. The zero-order chi connectivity index (χ0) is 18.9. The predicted molar refractivity (Wildman–Crippen MR) is 97.5 cm³/mol. The van der Waals surface area contributed by atoms with Gasteiger partial charge in [-0.05, 0) is 66.3 Å². The van der Waals surface area contributed by atoms with Gasteiger partial charge >= 0.3 is 0 Å². The highest BCUT2D eigenvalue weighted by molar-refractivity contribution is 7.89. The minimum atomic E-state index is -3.83. The molecule has 0 aliphatic heterocycles. The maximum atomic E-state index is 11.9. The molecule has 140 valence electrons. The number of benzene rings is 2. The van der Waals surface area contributed by atoms with Crippen molar-refractivity contribution < 1.29 is 23.7 Å². The molecule has 26 heavy (non-hydrogen) atoms. The first-order chi connectivity index (χ1) is 12.3. The summed E-state index contributed by atoms with van der Waals surface area (Å²) < 4.78 is 23.8. The number of phenolic OH excluding ortho intramolecular Hbond substituents is 2. The van der Waals surface area contributed by atoms with Gasteiger partial charge in [0.25, 0.3) is 0 Å². The summed E-state index contributed by atoms with van der Waals surface area (Å²) in [6.45, 7) is -0.158. The van der Waals surface area contributed by atoms with Crippen LogP contribution in [0.2, 0.25) is 0 Å². The molecule has 5 N–H and O–H groups in total. The summed E-state index contributed by atoms with van der Waals surface area (Å²) in [5.74, 6) is 0.302. The Morgan fingerprint density at radius 3 is 2.08 bits per heavy atom. The van der Waals surface area contributed by atoms with E-state index in [1.165, 1.54) is 12.1 Å². The lowest BCUT2D eigenvalue weighted by Gasteiger charge is -2.30. The molecule has 7 heteroatoms. The van der Waals surface area contributed by atoms with Crippen molar-refractivity contribution in [2.24, 2.45) is 5.14 Å². The first kappa shape index (κ1) is 18.7. The van der Waals surface area contributed by atoms with Crippen molar-refractivity contribution in [1.29, 1.82) is 0 Å². The van der Waals surface area contributed by atoms with Crippen LogP contribution in [0.15, 0.2) is 41.3 Å². The van der Waals surface area contributed by atoms with Gasteiger partial charge < -0.3 is 15.3 Å². The molecule has 0 spiro atoms. The van der Waals surface area contributed by atoms with Crippen molar-refractivity contribution >= 4 is 10.0 Å². The van der Waals surface area contributed by atoms with Crippen molar-refractivity contribution in [3.63, 3.8) is 0 Å². The Labute approximate surface area is 153 Å². The molecule has 0 heterocycles. The summed E-state index contributed by atoms with van der Waals surface area (Å²) in [5.41, 5.74) is 2.12. The van der Waals surface area contributed by atoms with E-state index >= 15 is 0 Å². The van der Waals surface area contributed by atoms with E-state index in [2.05, 4.69) is 0 Å². The van der Waals surface area contributed by atoms with E-state index in [0.29, 0.717) is 11.1 Å². The Morgan fingerprint density at radius 2 is 1.54 bits per heavy atom. The van der Waals surface area contributed by atoms with E-state index in [1.807, 2.05) is 0 Å². The number of aliphatic hydroxyl groups excluding tert-OH is 1. The summed E-state index contributed by atoms with van der Waals surface area (Å²) in [7, 11) is -3.83. The number of rotatable bonds is 4. The van der Waals surface area contributed by atoms with Gasteiger partial charge in [-0.25, -0.2) is 13.6 Å². The third-order valence-electron chi connectivity index (χ3n) is 5.18. The molecule has 1 fully saturated rings. The first-order valence-electron chi connectivity index (χ1n) is 8.58. The van der Waals surface area contributed by atoms with Gasteiger partial charge in [0, 0.05) is 6.07 Å². The number of hydrogen-bond acceptors (Lipinski definition) is 5. The van der Waals surface area contributed by atoms with E-state index in [-0.39, 0.29) is 34.8 Å². The lowest BCUT2D eigenvalue weighted by molar-refractivity contribution is 0.281. The largest absolute Gasteiger partial charge is 0.508 e. The molecule has 0 saturated heterocycles. The highest BCUT2D eigenvalue weighted by Gasteiger charge is 2.28. The van der Waals surface area contributed by atoms with Crippen LogP contribution < -0.4 is 5.14 Å². The number of nitrogens with two attached hydrogens (primary N) is 1. The van der Waals surface area contributed by atoms with Gasteiger partial charge in [-0.15, -0.1) is 0 Å². The summed E-state index contributed by atoms with van der Waals surface area (Å²) in [4.78, 5) is 0.116. The van der Waals surface area contributed by atoms with Crippen LogP contribution in [0.1, 0.15) is 54.2 Å². The molecule has 0 unspecified atom stereocenters. The fourth-order valence-electron chi connectivity index (χ4n) is 3.87. The Bertz CT molecular complexity index is 902. The molecule has 1 aliphatic carbocycles. The van der Waals surface area contributed by atoms with Crippen LogP contribution in [-0.4, -0.2) is 23.7 Å². The smallest absolute Gasteiger partial charge is 0.238 e. The first-order valence-corrected chi connectivity index (χ1v) is 10.1. The molecule has 0 bridgehead atoms. The maximum absolute atomic E-state index is 11.9. The van der Waals surface area contributed by atoms with Crippen molar-refractivity contribution in [2.75, 3.05) is 0 Å². The zero-order valence-corrected chi connectivity index (χ0v) is 15.1. The molecule has 0 atom stereocenters. The Kier molecular flexibility index (Phi) is 5.22. The minimum Gasteiger partial charge on any atom is -0.508 e. The number of sulfonamides is 1. The summed E-state index contributed by atoms with van der Waals surface area (Å²) >= 11 is 0. The summed E-state index contributed by atoms with van der Waals surface area (Å²) in [6.07, 6.45) is 3.08. The molecule has 1 saturated carbocycles. The molecular weight excluding hydrogens is 354 g/mol. The normalized spacial score (nSPS) is 20.8. The van der Waals surface area contributed by atoms with Crippen molar-refractivity contribution in [2.45, 2.75) is 49.0 Å². The van der Waals surface area contributed by atoms with Crippen LogP contribution in [0.3, 0.4) is 0 Å². The fourth-order valence-corrected chi connectivity index (χ4v) is 4.68. The molecule has 6 nitrogen and oxygen atoms in total. The highest BCUT2D eigenvalue weighted by atomic mass is 32.2. The lowest BCUT2D eigenvalue weighted by Crippen LogP contribution is -2.19. The van der Waals surface area contributed by atoms with Crippen molar-refractivity contribution in [3.05, 3.63) is 53.1 Å². The van der Waals surface area contributed by atoms with Crippen LogP contribution in [0.25, 0.3) is 0 Å². The molecule has 0 aromatic heterocycles. The van der Waals surface area contributed by atoms with E-state index in [0.717, 1.165) is 31.2 Å². The lowest BCUT2D eigenvalue weighted by atomic mass is 9.75. The van der Waals surface area contributed by atoms with Crippen LogP contribution in [0.4, 0.5) is 0 Å². The second-order valence-corrected chi connectivity index (χ2v) is 8.40. The highest BCUT2D eigenvalue weighted by Crippen LogP contribution is 2.44. The molecule has 3 rings (SSSR count). The van der Waals surface area contributed by atoms with Gasteiger partial charge in [-0.3, -0.25) is 0 Å². The summed E-state index contributed by atoms with van der Waals surface area (Å²) in [5, 5.41) is 34.2. The topological polar surface area (TPSA) is 121 Å². The van der Waals surface area contributed by atoms with Crippen LogP contribution in [0.5, 0.6) is 11.5 Å². The number of phenols is 2. The van der Waals surface area contributed by atoms with E-state index in [4.69, 9.17) is 5.14 Å². The standard InChI is InChI=1S/C19H23NO5S/c20-26(24,25)19-8-1-12(11-21)9-17(19)14-4-2-13(3-5-14)16-7-6-15(22)10-18(16)23/h1,6-10,13-14,21-23H,2-5,11H2,(H2,20,24,25). The summed E-state index contributed by atoms with van der Waals surface area (Å²) in [6, 6.07) is 9.40. The molecular formula is C19H23NO5S. The quantitative estimate of drug-likeness (QED) is 0.653. The fraction of sp³-hybridized carbons (Fsp3) is 0.368. The van der Waals surface area contributed by atoms with E-state index in [9.17, 15) is 23.7 Å². The number of aliphatic hydroxyl groups is 1. The third kappa shape index (κ3) is 3.85. The molecule has 1 aliphatic rings. The van der Waals surface area contributed by atoms with Gasteiger partial charge in [-0.2, -0.15) is 0 Å². The molecule has 2 aromatic rings. The Balaban J connectivity index is 1.84. The minimum absolute atomic E-state index is 0.0264. The van der Waals surface area contributed by atoms with Crippen LogP contribution in [0, 0.1) is 0 Å². The van der Waals surface area contributed by atoms with Gasteiger partial charge in [0.2, 0.25) is 10.0 Å². The average Bonchev–Trinajstić information content (AvgIpc) is 2.60. The van der Waals surface area contributed by atoms with Gasteiger partial charge in [0.15, 0.2) is 0 Å². The van der Waals surface area contributed by atoms with Gasteiger partial charge in [-0.1, -0.05) is 18.2 Å². The van der Waals surface area contributed by atoms with Crippen molar-refractivity contribution in [1.82, 2.24) is 0 Å². The third-order valence-corrected chi connectivity index (χ3v) is 6.17. The molecule has 0 amide bonds. The van der Waals surface area contributed by atoms with E-state index < -0.39 is 10.0 Å². The predicted octanol–water partition coefficient (Wildman–Crippen LogP) is 2.68. The zero-order valence-electron chi connectivity index (χ0n) is 14.3. The second kappa shape index (κ2) is 7.26. The van der Waals surface area contributed by atoms with Crippen LogP contribution in [-0.2, 0) is 16.6 Å². The van der Waals surface area contributed by atoms with Gasteiger partial charge in [0.05, 0.1) is 11.5 Å². The average molecular weight is 377 g/mol. The maximum Gasteiger partial charge on any atom is 0.238 e. The molecule has 2 aromatic carbocycles. The van der Waals surface area contributed by atoms with Gasteiger partial charge in [0.1, 0.15) is 11.5 Å².